The van der Waals surface area contributed by atoms with E-state index in [1.807, 2.05) is 0 Å². The molecule has 6 nitrogen and oxygen atoms in total. The number of anilines is 1. The van der Waals surface area contributed by atoms with Crippen molar-refractivity contribution < 1.29 is 9.53 Å². The molecule has 6 heteroatoms. The number of carbonyl (C=O) groups is 1. The van der Waals surface area contributed by atoms with Crippen LogP contribution in [-0.2, 0) is 4.74 Å². The Kier molecular flexibility index (Phi) is 3.54. The normalized spacial score (nSPS) is 9.13. The lowest BCUT2D eigenvalue weighted by atomic mass is 10.2. The molecule has 0 radical (unpaired) electrons. The van der Waals surface area contributed by atoms with E-state index in [1.54, 1.807) is 6.92 Å². The zero-order chi connectivity index (χ0) is 11.3. The molecule has 0 unspecified atom stereocenters. The summed E-state index contributed by atoms with van der Waals surface area (Å²) in [7, 11) is 0. The van der Waals surface area contributed by atoms with Gasteiger partial charge in [0.2, 0.25) is 0 Å². The second-order valence-electron chi connectivity index (χ2n) is 2.68. The van der Waals surface area contributed by atoms with Crippen LogP contribution in [0, 0.1) is 0 Å². The maximum atomic E-state index is 11.3. The van der Waals surface area contributed by atoms with Crippen LogP contribution in [0.1, 0.15) is 17.3 Å². The van der Waals surface area contributed by atoms with Crippen molar-refractivity contribution >= 4 is 17.3 Å². The Morgan fingerprint density at radius 3 is 3.00 bits per heavy atom. The zero-order valence-electron chi connectivity index (χ0n) is 8.17. The molecule has 0 spiro atoms. The van der Waals surface area contributed by atoms with Gasteiger partial charge in [0.15, 0.2) is 0 Å². The van der Waals surface area contributed by atoms with Crippen LogP contribution >= 0.6 is 0 Å². The molecule has 1 aromatic rings. The van der Waals surface area contributed by atoms with Crippen LogP contribution in [0.3, 0.4) is 0 Å². The molecule has 0 atom stereocenters. The molecule has 0 amide bonds. The van der Waals surface area contributed by atoms with Gasteiger partial charge in [0.05, 0.1) is 17.9 Å². The topological polar surface area (TPSA) is 101 Å². The molecule has 0 aliphatic rings. The average Bonchev–Trinajstić information content (AvgIpc) is 2.22. The first kappa shape index (κ1) is 10.9. The minimum absolute atomic E-state index is 0.225. The summed E-state index contributed by atoms with van der Waals surface area (Å²) in [6.07, 6.45) is 0. The van der Waals surface area contributed by atoms with E-state index in [0.29, 0.717) is 17.9 Å². The number of benzene rings is 1. The van der Waals surface area contributed by atoms with Crippen molar-refractivity contribution in [2.45, 2.75) is 6.92 Å². The van der Waals surface area contributed by atoms with Gasteiger partial charge in [0.1, 0.15) is 0 Å². The van der Waals surface area contributed by atoms with E-state index in [9.17, 15) is 4.79 Å². The summed E-state index contributed by atoms with van der Waals surface area (Å²) < 4.78 is 4.79. The van der Waals surface area contributed by atoms with Gasteiger partial charge in [-0.05, 0) is 30.7 Å². The molecule has 0 aliphatic carbocycles. The molecule has 0 fully saturated rings. The van der Waals surface area contributed by atoms with Gasteiger partial charge in [0, 0.05) is 10.6 Å². The molecule has 1 aromatic carbocycles. The second-order valence-corrected chi connectivity index (χ2v) is 2.68. The fourth-order valence-electron chi connectivity index (χ4n) is 1.02. The fraction of sp³-hybridized carbons (Fsp3) is 0.222. The summed E-state index contributed by atoms with van der Waals surface area (Å²) in [6.45, 7) is 2.00. The van der Waals surface area contributed by atoms with E-state index in [1.165, 1.54) is 18.2 Å². The van der Waals surface area contributed by atoms with E-state index in [2.05, 4.69) is 10.0 Å². The van der Waals surface area contributed by atoms with Crippen LogP contribution in [0.4, 0.5) is 11.4 Å². The van der Waals surface area contributed by atoms with Gasteiger partial charge in [0.25, 0.3) is 0 Å². The van der Waals surface area contributed by atoms with Crippen LogP contribution in [-0.4, -0.2) is 12.6 Å². The lowest BCUT2D eigenvalue weighted by Crippen LogP contribution is -2.04. The molecule has 0 saturated carbocycles. The molecule has 0 bridgehead atoms. The number of rotatable bonds is 3. The van der Waals surface area contributed by atoms with E-state index in [4.69, 9.17) is 16.0 Å². The third-order valence-electron chi connectivity index (χ3n) is 1.69. The smallest absolute Gasteiger partial charge is 0.338 e. The van der Waals surface area contributed by atoms with Gasteiger partial charge < -0.3 is 10.5 Å². The Morgan fingerprint density at radius 2 is 2.40 bits per heavy atom. The number of hydrogen-bond donors (Lipinski definition) is 1. The van der Waals surface area contributed by atoms with Gasteiger partial charge in [-0.3, -0.25) is 0 Å². The quantitative estimate of drug-likeness (QED) is 0.270. The average molecular weight is 206 g/mol. The number of esters is 1. The number of hydrogen-bond acceptors (Lipinski definition) is 4. The number of carbonyl (C=O) groups excluding carboxylic acids is 1. The number of ether oxygens (including phenoxy) is 1. The highest BCUT2D eigenvalue weighted by Crippen LogP contribution is 2.23. The minimum atomic E-state index is -0.466. The summed E-state index contributed by atoms with van der Waals surface area (Å²) in [4.78, 5) is 13.9. The van der Waals surface area contributed by atoms with Gasteiger partial charge >= 0.3 is 5.97 Å². The zero-order valence-corrected chi connectivity index (χ0v) is 8.17. The Balaban J connectivity index is 3.07. The molecule has 0 heterocycles. The standard InChI is InChI=1S/C9H10N4O2/c1-2-15-9(14)6-3-4-7(10)8(5-6)12-13-11/h3-5H,2,10H2,1H3. The van der Waals surface area contributed by atoms with E-state index >= 15 is 0 Å². The third-order valence-corrected chi connectivity index (χ3v) is 1.69. The first-order chi connectivity index (χ1) is 7.19. The first-order valence-electron chi connectivity index (χ1n) is 4.30. The largest absolute Gasteiger partial charge is 0.462 e. The minimum Gasteiger partial charge on any atom is -0.462 e. The lowest BCUT2D eigenvalue weighted by Gasteiger charge is -2.03. The van der Waals surface area contributed by atoms with Gasteiger partial charge in [-0.1, -0.05) is 5.11 Å². The van der Waals surface area contributed by atoms with Crippen molar-refractivity contribution in [3.63, 3.8) is 0 Å². The molecule has 0 aliphatic heterocycles. The highest BCUT2D eigenvalue weighted by atomic mass is 16.5. The van der Waals surface area contributed by atoms with Crippen molar-refractivity contribution in [2.75, 3.05) is 12.3 Å². The van der Waals surface area contributed by atoms with Crippen molar-refractivity contribution in [1.29, 1.82) is 0 Å². The predicted octanol–water partition coefficient (Wildman–Crippen LogP) is 2.39. The van der Waals surface area contributed by atoms with E-state index < -0.39 is 5.97 Å². The SMILES string of the molecule is CCOC(=O)c1ccc(N)c(N=[N+]=[N-])c1. The number of nitrogens with two attached hydrogens (primary N) is 1. The Hall–Kier alpha value is -2.20. The number of nitrogen functional groups attached to an aromatic ring is 1. The highest BCUT2D eigenvalue weighted by molar-refractivity contribution is 5.91. The molecule has 1 rings (SSSR count). The first-order valence-corrected chi connectivity index (χ1v) is 4.30. The summed E-state index contributed by atoms with van der Waals surface area (Å²) in [6, 6.07) is 4.41. The van der Waals surface area contributed by atoms with E-state index in [0.717, 1.165) is 0 Å². The van der Waals surface area contributed by atoms with Crippen LogP contribution in [0.2, 0.25) is 0 Å². The summed E-state index contributed by atoms with van der Waals surface area (Å²) in [5.74, 6) is -0.466. The maximum absolute atomic E-state index is 11.3. The van der Waals surface area contributed by atoms with Gasteiger partial charge in [-0.2, -0.15) is 0 Å². The Bertz CT molecular complexity index is 424. The van der Waals surface area contributed by atoms with Crippen LogP contribution in [0.5, 0.6) is 0 Å². The second kappa shape index (κ2) is 4.88. The van der Waals surface area contributed by atoms with Crippen molar-refractivity contribution in [1.82, 2.24) is 0 Å². The molecular weight excluding hydrogens is 196 g/mol. The molecule has 78 valence electrons. The Morgan fingerprint density at radius 1 is 1.67 bits per heavy atom. The van der Waals surface area contributed by atoms with Gasteiger partial charge in [-0.25, -0.2) is 4.79 Å². The third kappa shape index (κ3) is 2.62. The Labute approximate surface area is 86.3 Å². The monoisotopic (exact) mass is 206 g/mol. The fourth-order valence-corrected chi connectivity index (χ4v) is 1.02. The van der Waals surface area contributed by atoms with Crippen LogP contribution < -0.4 is 5.73 Å². The number of nitrogens with zero attached hydrogens (tertiary/aromatic N) is 3. The number of azide groups is 1. The van der Waals surface area contributed by atoms with Crippen molar-refractivity contribution in [3.05, 3.63) is 34.2 Å². The lowest BCUT2D eigenvalue weighted by molar-refractivity contribution is 0.0526. The van der Waals surface area contributed by atoms with Crippen molar-refractivity contribution in [3.8, 4) is 0 Å². The van der Waals surface area contributed by atoms with Gasteiger partial charge in [-0.15, -0.1) is 0 Å². The van der Waals surface area contributed by atoms with Crippen LogP contribution in [0.15, 0.2) is 23.3 Å². The summed E-state index contributed by atoms with van der Waals surface area (Å²) >= 11 is 0. The highest BCUT2D eigenvalue weighted by Gasteiger charge is 2.07. The molecule has 2 N–H and O–H groups in total. The molecule has 0 saturated heterocycles. The summed E-state index contributed by atoms with van der Waals surface area (Å²) in [5, 5.41) is 3.36. The molecule has 15 heavy (non-hydrogen) atoms. The van der Waals surface area contributed by atoms with Crippen molar-refractivity contribution in [2.24, 2.45) is 5.11 Å². The van der Waals surface area contributed by atoms with E-state index in [-0.39, 0.29) is 5.69 Å². The maximum Gasteiger partial charge on any atom is 0.338 e. The summed E-state index contributed by atoms with van der Waals surface area (Å²) in [5.41, 5.74) is 14.7. The molecular formula is C9H10N4O2. The predicted molar refractivity (Wildman–Crippen MR) is 55.6 cm³/mol. The molecule has 0 aromatic heterocycles. The van der Waals surface area contributed by atoms with Crippen LogP contribution in [0.25, 0.3) is 10.4 Å².